The Morgan fingerprint density at radius 1 is 1.73 bits per heavy atom. The number of carboxylic acids is 1. The molecule has 84 valence electrons. The van der Waals surface area contributed by atoms with Crippen LogP contribution in [0.15, 0.2) is 11.6 Å². The maximum atomic E-state index is 10.8. The first kappa shape index (κ1) is 10.7. The number of fused-ring (bicyclic) bond motifs is 1. The summed E-state index contributed by atoms with van der Waals surface area (Å²) in [6.07, 6.45) is 5.80. The van der Waals surface area contributed by atoms with Crippen LogP contribution in [0.4, 0.5) is 0 Å². The van der Waals surface area contributed by atoms with E-state index >= 15 is 0 Å². The third kappa shape index (κ3) is 1.59. The number of carbonyl (C=O) groups is 1. The van der Waals surface area contributed by atoms with Crippen molar-refractivity contribution in [1.29, 1.82) is 0 Å². The van der Waals surface area contributed by atoms with Gasteiger partial charge in [0, 0.05) is 0 Å². The second-order valence-corrected chi connectivity index (χ2v) is 5.01. The van der Waals surface area contributed by atoms with Gasteiger partial charge in [0.1, 0.15) is 0 Å². The molecule has 0 aliphatic heterocycles. The number of aliphatic carboxylic acids is 1. The summed E-state index contributed by atoms with van der Waals surface area (Å²) in [6.45, 7) is 2.67. The molecule has 0 heterocycles. The molecule has 2 aliphatic rings. The van der Waals surface area contributed by atoms with E-state index in [4.69, 9.17) is 10.8 Å². The fourth-order valence-electron chi connectivity index (χ4n) is 3.34. The van der Waals surface area contributed by atoms with Crippen LogP contribution >= 0.6 is 0 Å². The van der Waals surface area contributed by atoms with Crippen molar-refractivity contribution >= 4 is 5.97 Å². The molecule has 15 heavy (non-hydrogen) atoms. The molecule has 0 amide bonds. The Kier molecular flexibility index (Phi) is 2.59. The van der Waals surface area contributed by atoms with Gasteiger partial charge in [0.25, 0.3) is 0 Å². The van der Waals surface area contributed by atoms with Crippen LogP contribution in [0.3, 0.4) is 0 Å². The Labute approximate surface area is 90.3 Å². The molecule has 0 spiro atoms. The molecular weight excluding hydrogens is 190 g/mol. The molecule has 3 N–H and O–H groups in total. The maximum absolute atomic E-state index is 10.8. The van der Waals surface area contributed by atoms with E-state index < -0.39 is 5.97 Å². The monoisotopic (exact) mass is 209 g/mol. The van der Waals surface area contributed by atoms with Gasteiger partial charge in [-0.2, -0.15) is 0 Å². The molecule has 0 radical (unpaired) electrons. The predicted molar refractivity (Wildman–Crippen MR) is 58.3 cm³/mol. The summed E-state index contributed by atoms with van der Waals surface area (Å²) >= 11 is 0. The van der Waals surface area contributed by atoms with E-state index in [-0.39, 0.29) is 11.8 Å². The molecule has 1 saturated carbocycles. The first-order chi connectivity index (χ1) is 7.11. The molecule has 0 saturated heterocycles. The average Bonchev–Trinajstić information content (AvgIpc) is 2.53. The summed E-state index contributed by atoms with van der Waals surface area (Å²) in [4.78, 5) is 10.8. The molecule has 2 rings (SSSR count). The molecule has 2 aliphatic carbocycles. The summed E-state index contributed by atoms with van der Waals surface area (Å²) in [5.74, 6) is 0.411. The Morgan fingerprint density at radius 2 is 2.47 bits per heavy atom. The third-order valence-corrected chi connectivity index (χ3v) is 4.19. The van der Waals surface area contributed by atoms with Gasteiger partial charge in [-0.15, -0.1) is 0 Å². The molecule has 0 aromatic heterocycles. The highest BCUT2D eigenvalue weighted by Gasteiger charge is 2.54. The number of carboxylic acid groups (broad SMARTS) is 1. The predicted octanol–water partition coefficient (Wildman–Crippen LogP) is 1.78. The Bertz CT molecular complexity index is 311. The third-order valence-electron chi connectivity index (χ3n) is 4.19. The van der Waals surface area contributed by atoms with E-state index in [0.717, 1.165) is 12.8 Å². The number of hydrogen-bond acceptors (Lipinski definition) is 2. The van der Waals surface area contributed by atoms with Crippen molar-refractivity contribution in [1.82, 2.24) is 0 Å². The van der Waals surface area contributed by atoms with Crippen LogP contribution < -0.4 is 5.73 Å². The van der Waals surface area contributed by atoms with Crippen LogP contribution in [0.5, 0.6) is 0 Å². The van der Waals surface area contributed by atoms with E-state index in [0.29, 0.717) is 18.4 Å². The molecule has 3 heteroatoms. The van der Waals surface area contributed by atoms with E-state index in [1.807, 2.05) is 0 Å². The van der Waals surface area contributed by atoms with Crippen LogP contribution in [0.1, 0.15) is 32.6 Å². The van der Waals surface area contributed by atoms with Crippen molar-refractivity contribution in [2.24, 2.45) is 23.0 Å². The lowest BCUT2D eigenvalue weighted by molar-refractivity contribution is -0.144. The van der Waals surface area contributed by atoms with Gasteiger partial charge in [-0.05, 0) is 43.1 Å². The van der Waals surface area contributed by atoms with E-state index in [9.17, 15) is 4.79 Å². The lowest BCUT2D eigenvalue weighted by Gasteiger charge is -2.51. The van der Waals surface area contributed by atoms with Crippen molar-refractivity contribution in [2.75, 3.05) is 6.54 Å². The van der Waals surface area contributed by atoms with Crippen LogP contribution in [0.25, 0.3) is 0 Å². The van der Waals surface area contributed by atoms with Crippen LogP contribution in [0.2, 0.25) is 0 Å². The van der Waals surface area contributed by atoms with E-state index in [1.165, 1.54) is 12.0 Å². The normalized spacial score (nSPS) is 38.1. The zero-order valence-corrected chi connectivity index (χ0v) is 9.20. The molecule has 0 bridgehead atoms. The Hall–Kier alpha value is -0.830. The lowest BCUT2D eigenvalue weighted by atomic mass is 9.53. The van der Waals surface area contributed by atoms with Gasteiger partial charge < -0.3 is 10.8 Å². The molecule has 0 aromatic carbocycles. The first-order valence-electron chi connectivity index (χ1n) is 5.72. The number of hydrogen-bond donors (Lipinski definition) is 2. The van der Waals surface area contributed by atoms with Crippen LogP contribution in [0, 0.1) is 17.3 Å². The molecule has 3 atom stereocenters. The van der Waals surface area contributed by atoms with Gasteiger partial charge in [0.05, 0.1) is 6.42 Å². The van der Waals surface area contributed by atoms with Crippen molar-refractivity contribution in [3.05, 3.63) is 11.6 Å². The zero-order chi connectivity index (χ0) is 11.1. The average molecular weight is 209 g/mol. The highest BCUT2D eigenvalue weighted by molar-refractivity contribution is 5.68. The summed E-state index contributed by atoms with van der Waals surface area (Å²) in [7, 11) is 0. The second kappa shape index (κ2) is 3.63. The van der Waals surface area contributed by atoms with Crippen molar-refractivity contribution in [2.45, 2.75) is 32.6 Å². The standard InChI is InChI=1S/C12H19NO2/c1-2-8-3-9-5-12(7-13,6-11(14)15)10(9)4-8/h4,9-10H,2-3,5-7,13H2,1H3,(H,14,15)/t9-,10-,12+/m0/s1. The summed E-state index contributed by atoms with van der Waals surface area (Å²) in [5, 5.41) is 8.91. The van der Waals surface area contributed by atoms with Gasteiger partial charge >= 0.3 is 5.97 Å². The second-order valence-electron chi connectivity index (χ2n) is 5.01. The van der Waals surface area contributed by atoms with Gasteiger partial charge in [-0.3, -0.25) is 4.79 Å². The summed E-state index contributed by atoms with van der Waals surface area (Å²) in [5.41, 5.74) is 7.13. The Balaban J connectivity index is 2.11. The van der Waals surface area contributed by atoms with Gasteiger partial charge in [0.2, 0.25) is 0 Å². The molecule has 3 nitrogen and oxygen atoms in total. The fraction of sp³-hybridized carbons (Fsp3) is 0.750. The first-order valence-corrected chi connectivity index (χ1v) is 5.72. The van der Waals surface area contributed by atoms with Gasteiger partial charge in [0.15, 0.2) is 0 Å². The smallest absolute Gasteiger partial charge is 0.303 e. The molecule has 0 aromatic rings. The minimum absolute atomic E-state index is 0.132. The molecule has 1 fully saturated rings. The summed E-state index contributed by atoms with van der Waals surface area (Å²) < 4.78 is 0. The largest absolute Gasteiger partial charge is 0.481 e. The number of rotatable bonds is 4. The SMILES string of the molecule is CCC1=C[C@H]2[C@@H](C1)C[C@]2(CN)CC(=O)O. The van der Waals surface area contributed by atoms with Gasteiger partial charge in [-0.25, -0.2) is 0 Å². The maximum Gasteiger partial charge on any atom is 0.303 e. The minimum Gasteiger partial charge on any atom is -0.481 e. The van der Waals surface area contributed by atoms with Crippen molar-refractivity contribution < 1.29 is 9.90 Å². The van der Waals surface area contributed by atoms with Crippen molar-refractivity contribution in [3.8, 4) is 0 Å². The topological polar surface area (TPSA) is 63.3 Å². The highest BCUT2D eigenvalue weighted by atomic mass is 16.4. The lowest BCUT2D eigenvalue weighted by Crippen LogP contribution is -2.51. The number of allylic oxidation sites excluding steroid dienone is 2. The van der Waals surface area contributed by atoms with Crippen LogP contribution in [-0.2, 0) is 4.79 Å². The van der Waals surface area contributed by atoms with E-state index in [2.05, 4.69) is 13.0 Å². The van der Waals surface area contributed by atoms with Gasteiger partial charge in [-0.1, -0.05) is 18.6 Å². The molecule has 0 unspecified atom stereocenters. The minimum atomic E-state index is -0.711. The fourth-order valence-corrected chi connectivity index (χ4v) is 3.34. The zero-order valence-electron chi connectivity index (χ0n) is 9.20. The van der Waals surface area contributed by atoms with Crippen molar-refractivity contribution in [3.63, 3.8) is 0 Å². The van der Waals surface area contributed by atoms with E-state index in [1.54, 1.807) is 0 Å². The Morgan fingerprint density at radius 3 is 3.00 bits per heavy atom. The highest BCUT2D eigenvalue weighted by Crippen LogP contribution is 2.59. The summed E-state index contributed by atoms with van der Waals surface area (Å²) in [6, 6.07) is 0. The van der Waals surface area contributed by atoms with Crippen LogP contribution in [-0.4, -0.2) is 17.6 Å². The molecular formula is C12H19NO2. The number of nitrogens with two attached hydrogens (primary N) is 1. The quantitative estimate of drug-likeness (QED) is 0.694.